The fraction of sp³-hybridized carbons (Fsp3) is 0.368. The maximum Gasteiger partial charge on any atom is 0.251 e. The van der Waals surface area contributed by atoms with E-state index in [1.165, 1.54) is 11.3 Å². The number of hydrogen-bond acceptors (Lipinski definition) is 6. The number of likely N-dealkylation sites (tertiary alicyclic amines) is 1. The molecule has 1 aromatic heterocycles. The van der Waals surface area contributed by atoms with Crippen molar-refractivity contribution in [3.05, 3.63) is 40.8 Å². The first-order valence-corrected chi connectivity index (χ1v) is 9.80. The summed E-state index contributed by atoms with van der Waals surface area (Å²) in [6, 6.07) is 7.77. The van der Waals surface area contributed by atoms with Gasteiger partial charge in [0.15, 0.2) is 11.5 Å². The summed E-state index contributed by atoms with van der Waals surface area (Å²) in [5.41, 5.74) is 6.81. The molecule has 0 unspecified atom stereocenters. The van der Waals surface area contributed by atoms with E-state index in [0.29, 0.717) is 23.8 Å². The molecule has 2 aromatic rings. The predicted molar refractivity (Wildman–Crippen MR) is 102 cm³/mol. The minimum atomic E-state index is -0.540. The van der Waals surface area contributed by atoms with Crippen LogP contribution in [-0.2, 0) is 4.79 Å². The van der Waals surface area contributed by atoms with Gasteiger partial charge in [0.05, 0.1) is 12.1 Å². The van der Waals surface area contributed by atoms with Gasteiger partial charge in [0.1, 0.15) is 18.2 Å². The summed E-state index contributed by atoms with van der Waals surface area (Å²) in [6.07, 6.45) is 2.01. The van der Waals surface area contributed by atoms with E-state index in [1.807, 2.05) is 18.2 Å². The van der Waals surface area contributed by atoms with Crippen molar-refractivity contribution in [3.63, 3.8) is 0 Å². The maximum absolute atomic E-state index is 12.5. The molecule has 142 valence electrons. The molecule has 3 heterocycles. The van der Waals surface area contributed by atoms with Crippen LogP contribution in [0, 0.1) is 0 Å². The number of fused-ring (bicyclic) bond motifs is 1. The number of ether oxygens (including phenoxy) is 2. The molecule has 27 heavy (non-hydrogen) atoms. The Hall–Kier alpha value is -2.58. The summed E-state index contributed by atoms with van der Waals surface area (Å²) in [5.74, 6) is 0.843. The fourth-order valence-corrected chi connectivity index (χ4v) is 4.42. The number of amides is 2. The number of thiophene rings is 1. The molecule has 0 bridgehead atoms. The second kappa shape index (κ2) is 7.58. The lowest BCUT2D eigenvalue weighted by Gasteiger charge is -2.26. The third-order valence-electron chi connectivity index (χ3n) is 4.84. The van der Waals surface area contributed by atoms with E-state index in [-0.39, 0.29) is 18.5 Å². The smallest absolute Gasteiger partial charge is 0.251 e. The van der Waals surface area contributed by atoms with Crippen molar-refractivity contribution in [2.24, 2.45) is 5.73 Å². The quantitative estimate of drug-likeness (QED) is 0.822. The SMILES string of the molecule is NC(=O)c1ccsc1NC(=O)CN1CCC[C@@H]1c1ccc2c(c1)OCCO2. The summed E-state index contributed by atoms with van der Waals surface area (Å²) in [5, 5.41) is 5.06. The van der Waals surface area contributed by atoms with Crippen LogP contribution in [0.3, 0.4) is 0 Å². The summed E-state index contributed by atoms with van der Waals surface area (Å²) in [6.45, 7) is 2.23. The van der Waals surface area contributed by atoms with Crippen LogP contribution in [0.5, 0.6) is 11.5 Å². The van der Waals surface area contributed by atoms with Crippen LogP contribution in [0.4, 0.5) is 5.00 Å². The fourth-order valence-electron chi connectivity index (χ4n) is 3.61. The van der Waals surface area contributed by atoms with Gasteiger partial charge in [-0.15, -0.1) is 11.3 Å². The Kier molecular flexibility index (Phi) is 5.00. The Balaban J connectivity index is 1.45. The lowest BCUT2D eigenvalue weighted by Crippen LogP contribution is -2.33. The maximum atomic E-state index is 12.5. The van der Waals surface area contributed by atoms with E-state index in [2.05, 4.69) is 10.2 Å². The zero-order valence-electron chi connectivity index (χ0n) is 14.8. The molecule has 1 atom stereocenters. The van der Waals surface area contributed by atoms with Crippen LogP contribution >= 0.6 is 11.3 Å². The van der Waals surface area contributed by atoms with Crippen LogP contribution in [0.2, 0.25) is 0 Å². The highest BCUT2D eigenvalue weighted by Crippen LogP contribution is 2.38. The van der Waals surface area contributed by atoms with E-state index >= 15 is 0 Å². The number of carbonyl (C=O) groups is 2. The van der Waals surface area contributed by atoms with Gasteiger partial charge in [0.25, 0.3) is 5.91 Å². The van der Waals surface area contributed by atoms with Crippen molar-refractivity contribution in [1.29, 1.82) is 0 Å². The normalized spacial score (nSPS) is 19.0. The van der Waals surface area contributed by atoms with Crippen LogP contribution in [0.25, 0.3) is 0 Å². The van der Waals surface area contributed by atoms with Crippen molar-refractivity contribution in [1.82, 2.24) is 4.90 Å². The number of nitrogens with one attached hydrogen (secondary N) is 1. The van der Waals surface area contributed by atoms with Gasteiger partial charge in [-0.05, 0) is 48.5 Å². The minimum absolute atomic E-state index is 0.149. The topological polar surface area (TPSA) is 93.9 Å². The Morgan fingerprint density at radius 3 is 2.85 bits per heavy atom. The van der Waals surface area contributed by atoms with Crippen LogP contribution in [0.15, 0.2) is 29.6 Å². The molecule has 0 radical (unpaired) electrons. The lowest BCUT2D eigenvalue weighted by atomic mass is 10.0. The van der Waals surface area contributed by atoms with Gasteiger partial charge < -0.3 is 20.5 Å². The third-order valence-corrected chi connectivity index (χ3v) is 5.67. The first-order chi connectivity index (χ1) is 13.1. The third kappa shape index (κ3) is 3.77. The molecule has 2 amide bonds. The van der Waals surface area contributed by atoms with E-state index in [0.717, 1.165) is 36.4 Å². The second-order valence-corrected chi connectivity index (χ2v) is 7.52. The van der Waals surface area contributed by atoms with Gasteiger partial charge in [0.2, 0.25) is 5.91 Å². The standard InChI is InChI=1S/C19H21N3O4S/c20-18(24)13-5-9-27-19(13)21-17(23)11-22-6-1-2-14(22)12-3-4-15-16(10-12)26-8-7-25-15/h3-5,9-10,14H,1-2,6-8,11H2,(H2,20,24)(H,21,23)/t14-/m1/s1. The number of anilines is 1. The van der Waals surface area contributed by atoms with Gasteiger partial charge in [0, 0.05) is 6.04 Å². The number of nitrogens with two attached hydrogens (primary N) is 1. The first kappa shape index (κ1) is 17.8. The molecule has 4 rings (SSSR count). The number of hydrogen-bond donors (Lipinski definition) is 2. The van der Waals surface area contributed by atoms with Crippen LogP contribution < -0.4 is 20.5 Å². The molecule has 1 saturated heterocycles. The second-order valence-electron chi connectivity index (χ2n) is 6.61. The van der Waals surface area contributed by atoms with Crippen molar-refractivity contribution < 1.29 is 19.1 Å². The Labute approximate surface area is 161 Å². The van der Waals surface area contributed by atoms with Gasteiger partial charge >= 0.3 is 0 Å². The number of rotatable bonds is 5. The van der Waals surface area contributed by atoms with Crippen molar-refractivity contribution in [2.45, 2.75) is 18.9 Å². The van der Waals surface area contributed by atoms with Gasteiger partial charge in [-0.1, -0.05) is 6.07 Å². The van der Waals surface area contributed by atoms with Crippen LogP contribution in [-0.4, -0.2) is 43.0 Å². The molecule has 3 N–H and O–H groups in total. The van der Waals surface area contributed by atoms with Crippen molar-refractivity contribution in [3.8, 4) is 11.5 Å². The molecular weight excluding hydrogens is 366 g/mol. The average Bonchev–Trinajstić information content (AvgIpc) is 3.30. The molecule has 1 aromatic carbocycles. The molecule has 0 aliphatic carbocycles. The molecule has 0 spiro atoms. The van der Waals surface area contributed by atoms with E-state index in [4.69, 9.17) is 15.2 Å². The molecule has 0 saturated carbocycles. The summed E-state index contributed by atoms with van der Waals surface area (Å²) < 4.78 is 11.3. The lowest BCUT2D eigenvalue weighted by molar-refractivity contribution is -0.117. The summed E-state index contributed by atoms with van der Waals surface area (Å²) in [7, 11) is 0. The Bertz CT molecular complexity index is 866. The van der Waals surface area contributed by atoms with Gasteiger partial charge in [-0.3, -0.25) is 14.5 Å². The minimum Gasteiger partial charge on any atom is -0.486 e. The average molecular weight is 387 g/mol. The van der Waals surface area contributed by atoms with Gasteiger partial charge in [-0.2, -0.15) is 0 Å². The largest absolute Gasteiger partial charge is 0.486 e. The molecule has 2 aliphatic rings. The number of primary amides is 1. The molecule has 8 heteroatoms. The van der Waals surface area contributed by atoms with E-state index < -0.39 is 5.91 Å². The zero-order valence-corrected chi connectivity index (χ0v) is 15.6. The van der Waals surface area contributed by atoms with E-state index in [9.17, 15) is 9.59 Å². The van der Waals surface area contributed by atoms with Crippen LogP contribution in [0.1, 0.15) is 34.8 Å². The Morgan fingerprint density at radius 1 is 1.22 bits per heavy atom. The zero-order chi connectivity index (χ0) is 18.8. The van der Waals surface area contributed by atoms with E-state index in [1.54, 1.807) is 11.4 Å². The highest BCUT2D eigenvalue weighted by molar-refractivity contribution is 7.14. The first-order valence-electron chi connectivity index (χ1n) is 8.92. The highest BCUT2D eigenvalue weighted by Gasteiger charge is 2.29. The number of nitrogens with zero attached hydrogens (tertiary/aromatic N) is 1. The summed E-state index contributed by atoms with van der Waals surface area (Å²) in [4.78, 5) is 26.1. The molecule has 7 nitrogen and oxygen atoms in total. The Morgan fingerprint density at radius 2 is 2.04 bits per heavy atom. The molecular formula is C19H21N3O4S. The highest BCUT2D eigenvalue weighted by atomic mass is 32.1. The monoisotopic (exact) mass is 387 g/mol. The number of carbonyl (C=O) groups excluding carboxylic acids is 2. The van der Waals surface area contributed by atoms with Crippen molar-refractivity contribution >= 4 is 28.2 Å². The molecule has 2 aliphatic heterocycles. The summed E-state index contributed by atoms with van der Waals surface area (Å²) >= 11 is 1.30. The predicted octanol–water partition coefficient (Wildman–Crippen LogP) is 2.39. The van der Waals surface area contributed by atoms with Gasteiger partial charge in [-0.25, -0.2) is 0 Å². The van der Waals surface area contributed by atoms with Crippen molar-refractivity contribution in [2.75, 3.05) is 31.6 Å². The number of benzene rings is 1. The molecule has 1 fully saturated rings.